The van der Waals surface area contributed by atoms with Crippen LogP contribution in [0.4, 0.5) is 10.5 Å². The molecule has 0 spiro atoms. The van der Waals surface area contributed by atoms with E-state index >= 15 is 0 Å². The molecule has 0 aromatic heterocycles. The van der Waals surface area contributed by atoms with Gasteiger partial charge in [-0.2, -0.15) is 0 Å². The summed E-state index contributed by atoms with van der Waals surface area (Å²) in [7, 11) is 0. The molecule has 5 atom stereocenters. The summed E-state index contributed by atoms with van der Waals surface area (Å²) in [4.78, 5) is 51.0. The van der Waals surface area contributed by atoms with Crippen molar-refractivity contribution in [3.05, 3.63) is 105 Å². The zero-order valence-electron chi connectivity index (χ0n) is 36.9. The topological polar surface area (TPSA) is 237 Å². The van der Waals surface area contributed by atoms with Crippen molar-refractivity contribution in [2.24, 2.45) is 0 Å². The van der Waals surface area contributed by atoms with Gasteiger partial charge in [0.2, 0.25) is 12.2 Å². The number of aliphatic hydroxyl groups is 4. The normalized spacial score (nSPS) is 18.4. The summed E-state index contributed by atoms with van der Waals surface area (Å²) in [5.74, 6) is -1.39. The Morgan fingerprint density at radius 3 is 2.17 bits per heavy atom. The van der Waals surface area contributed by atoms with Crippen LogP contribution in [0.5, 0.6) is 5.75 Å². The summed E-state index contributed by atoms with van der Waals surface area (Å²) in [6.45, 7) is 3.09. The summed E-state index contributed by atoms with van der Waals surface area (Å²) < 4.78 is 22.9. The first-order valence-electron chi connectivity index (χ1n) is 22.5. The molecule has 3 aromatic rings. The number of nitrogens with one attached hydrogen (secondary N) is 2. The Labute approximate surface area is 377 Å². The van der Waals surface area contributed by atoms with Crippen LogP contribution in [0.1, 0.15) is 111 Å². The van der Waals surface area contributed by atoms with Crippen LogP contribution in [0.15, 0.2) is 82.0 Å². The molecular formula is C50H59N2O13-. The van der Waals surface area contributed by atoms with E-state index in [1.54, 1.807) is 24.3 Å². The molecule has 348 valence electrons. The largest absolute Gasteiger partial charge is 0.545 e. The second-order valence-corrected chi connectivity index (χ2v) is 16.7. The number of amides is 2. The van der Waals surface area contributed by atoms with Crippen LogP contribution < -0.4 is 25.9 Å². The van der Waals surface area contributed by atoms with E-state index in [0.717, 1.165) is 24.8 Å². The van der Waals surface area contributed by atoms with E-state index in [4.69, 9.17) is 18.6 Å². The molecular weight excluding hydrogens is 837 g/mol. The first-order chi connectivity index (χ1) is 31.4. The number of anilines is 1. The summed E-state index contributed by atoms with van der Waals surface area (Å²) in [6, 6.07) is 19.1. The molecule has 15 heteroatoms. The van der Waals surface area contributed by atoms with Gasteiger partial charge in [0.05, 0.1) is 18.3 Å². The molecule has 0 bridgehead atoms. The Kier molecular flexibility index (Phi) is 17.5. The number of fused-ring (bicyclic) bond motifs is 2. The number of hydrogen-bond donors (Lipinski definition) is 6. The number of alkyl carbamates (subject to hydrolysis) is 1. The van der Waals surface area contributed by atoms with Crippen molar-refractivity contribution in [3.63, 3.8) is 0 Å². The molecule has 1 aliphatic carbocycles. The van der Waals surface area contributed by atoms with Gasteiger partial charge in [-0.25, -0.2) is 4.79 Å². The predicted molar refractivity (Wildman–Crippen MR) is 241 cm³/mol. The minimum atomic E-state index is -1.69. The summed E-state index contributed by atoms with van der Waals surface area (Å²) in [5.41, 5.74) is 3.47. The van der Waals surface area contributed by atoms with Gasteiger partial charge < -0.3 is 59.6 Å². The van der Waals surface area contributed by atoms with Crippen LogP contribution in [-0.4, -0.2) is 75.7 Å². The van der Waals surface area contributed by atoms with Gasteiger partial charge in [0, 0.05) is 41.1 Å². The van der Waals surface area contributed by atoms with Gasteiger partial charge in [-0.15, -0.1) is 0 Å². The lowest BCUT2D eigenvalue weighted by Crippen LogP contribution is -2.60. The zero-order chi connectivity index (χ0) is 46.5. The van der Waals surface area contributed by atoms with Crippen molar-refractivity contribution in [2.75, 3.05) is 11.9 Å². The van der Waals surface area contributed by atoms with E-state index < -0.39 is 49.4 Å². The van der Waals surface area contributed by atoms with Gasteiger partial charge >= 0.3 is 6.09 Å². The molecule has 1 saturated heterocycles. The van der Waals surface area contributed by atoms with Crippen LogP contribution >= 0.6 is 0 Å². The Morgan fingerprint density at radius 1 is 0.769 bits per heavy atom. The van der Waals surface area contributed by atoms with Gasteiger partial charge in [-0.05, 0) is 72.0 Å². The van der Waals surface area contributed by atoms with Crippen molar-refractivity contribution in [3.8, 4) is 28.2 Å². The summed E-state index contributed by atoms with van der Waals surface area (Å²) in [5, 5.41) is 59.5. The molecule has 3 aromatic carbocycles. The minimum Gasteiger partial charge on any atom is -0.545 e. The Balaban J connectivity index is 1.10. The number of carbonyl (C=O) groups excluding carboxylic acids is 3. The van der Waals surface area contributed by atoms with Crippen molar-refractivity contribution in [1.82, 2.24) is 5.32 Å². The van der Waals surface area contributed by atoms with E-state index in [2.05, 4.69) is 17.6 Å². The van der Waals surface area contributed by atoms with Crippen LogP contribution in [0.2, 0.25) is 0 Å². The number of carboxylic acid groups (broad SMARTS) is 1. The Hall–Kier alpha value is -5.84. The van der Waals surface area contributed by atoms with E-state index in [1.165, 1.54) is 75.3 Å². The molecule has 2 unspecified atom stereocenters. The number of rotatable bonds is 22. The number of unbranched alkanes of at least 4 members (excludes halogenated alkanes) is 10. The average molecular weight is 896 g/mol. The molecule has 0 saturated carbocycles. The second kappa shape index (κ2) is 23.4. The van der Waals surface area contributed by atoms with Crippen LogP contribution in [-0.2, 0) is 27.4 Å². The number of benzene rings is 4. The molecule has 6 N–H and O–H groups in total. The number of ether oxygens (including phenoxy) is 3. The van der Waals surface area contributed by atoms with Gasteiger partial charge in [0.25, 0.3) is 0 Å². The van der Waals surface area contributed by atoms with E-state index in [-0.39, 0.29) is 47.9 Å². The average Bonchev–Trinajstić information content (AvgIpc) is 3.29. The first-order valence-corrected chi connectivity index (χ1v) is 22.5. The quantitative estimate of drug-likeness (QED) is 0.0323. The Bertz CT molecular complexity index is 2430. The van der Waals surface area contributed by atoms with Gasteiger partial charge in [-0.3, -0.25) is 9.59 Å². The SMILES string of the molecule is CCCCCCCCCCCCCC(=O)Nc1cc(COC(=O)NCc2ccc(-c3c4ccc(=O)cc-4oc4cc(C)ccc34)c(C(=O)[O-])c2)ccc1O[C@@H]1OC(CO)[C@H](O)[C@H](O)C1O. The lowest BCUT2D eigenvalue weighted by molar-refractivity contribution is -0.277. The summed E-state index contributed by atoms with van der Waals surface area (Å²) >= 11 is 0. The van der Waals surface area contributed by atoms with Crippen LogP contribution in [0, 0.1) is 6.92 Å². The first kappa shape index (κ1) is 48.6. The standard InChI is InChI=1S/C50H60N2O13/c1-3-4-5-6-7-8-9-10-11-12-13-14-43(55)52-38-25-32(17-22-39(38)64-49-47(58)46(57)45(56)42(28-53)65-49)29-62-50(61)51-27-31-16-20-34(37(24-31)48(59)60)44-35-19-15-30(2)23-40(35)63-41-26-33(54)18-21-36(41)44/h15-26,42,45-47,49,53,56-58H,3-14,27-29H2,1-2H3,(H,51,61)(H,52,55)(H,59,60)/p-1/t42?,45-,46-,47?,49+/m0/s1. The zero-order valence-corrected chi connectivity index (χ0v) is 36.9. The third kappa shape index (κ3) is 12.9. The lowest BCUT2D eigenvalue weighted by Gasteiger charge is -2.39. The fraction of sp³-hybridized carbons (Fsp3) is 0.440. The fourth-order valence-corrected chi connectivity index (χ4v) is 8.05. The van der Waals surface area contributed by atoms with Crippen LogP contribution in [0.3, 0.4) is 0 Å². The third-order valence-corrected chi connectivity index (χ3v) is 11.6. The molecule has 3 aliphatic rings. The van der Waals surface area contributed by atoms with Gasteiger partial charge in [-0.1, -0.05) is 101 Å². The lowest BCUT2D eigenvalue weighted by atomic mass is 9.89. The highest BCUT2D eigenvalue weighted by Gasteiger charge is 2.45. The minimum absolute atomic E-state index is 0.0538. The highest BCUT2D eigenvalue weighted by atomic mass is 16.7. The molecule has 2 amide bonds. The number of aliphatic hydroxyl groups excluding tert-OH is 4. The smallest absolute Gasteiger partial charge is 0.407 e. The molecule has 2 aliphatic heterocycles. The maximum Gasteiger partial charge on any atom is 0.407 e. The van der Waals surface area contributed by atoms with Gasteiger partial charge in [0.15, 0.2) is 5.43 Å². The maximum atomic E-state index is 13.2. The second-order valence-electron chi connectivity index (χ2n) is 16.7. The van der Waals surface area contributed by atoms with Crippen molar-refractivity contribution in [1.29, 1.82) is 0 Å². The third-order valence-electron chi connectivity index (χ3n) is 11.6. The molecule has 15 nitrogen and oxygen atoms in total. The fourth-order valence-electron chi connectivity index (χ4n) is 8.05. The number of carbonyl (C=O) groups is 3. The van der Waals surface area contributed by atoms with E-state index in [9.17, 15) is 44.7 Å². The molecule has 65 heavy (non-hydrogen) atoms. The molecule has 6 rings (SSSR count). The van der Waals surface area contributed by atoms with Crippen molar-refractivity contribution in [2.45, 2.75) is 135 Å². The molecule has 0 radical (unpaired) electrons. The van der Waals surface area contributed by atoms with Crippen molar-refractivity contribution >= 4 is 34.6 Å². The summed E-state index contributed by atoms with van der Waals surface area (Å²) in [6.07, 6.45) is 4.15. The Morgan fingerprint density at radius 2 is 1.46 bits per heavy atom. The highest BCUT2D eigenvalue weighted by molar-refractivity contribution is 6.07. The van der Waals surface area contributed by atoms with E-state index in [1.807, 2.05) is 25.1 Å². The monoisotopic (exact) mass is 895 g/mol. The number of hydrogen-bond acceptors (Lipinski definition) is 13. The number of carboxylic acids is 1. The van der Waals surface area contributed by atoms with Gasteiger partial charge in [0.1, 0.15) is 48.1 Å². The molecule has 1 fully saturated rings. The highest BCUT2D eigenvalue weighted by Crippen LogP contribution is 2.41. The maximum absolute atomic E-state index is 13.2. The number of aryl methyl sites for hydroxylation is 1. The van der Waals surface area contributed by atoms with E-state index in [0.29, 0.717) is 51.0 Å². The number of aromatic carboxylic acids is 1. The van der Waals surface area contributed by atoms with Crippen molar-refractivity contribution < 1.29 is 58.5 Å². The molecule has 2 heterocycles. The van der Waals surface area contributed by atoms with Crippen LogP contribution in [0.25, 0.3) is 33.4 Å². The predicted octanol–water partition coefficient (Wildman–Crippen LogP) is 6.48.